The monoisotopic (exact) mass is 362 g/mol. The van der Waals surface area contributed by atoms with E-state index in [0.29, 0.717) is 6.54 Å². The van der Waals surface area contributed by atoms with E-state index < -0.39 is 0 Å². The number of rotatable bonds is 5. The van der Waals surface area contributed by atoms with Crippen molar-refractivity contribution in [2.45, 2.75) is 19.4 Å². The second-order valence-corrected chi connectivity index (χ2v) is 6.46. The minimum Gasteiger partial charge on any atom is -0.355 e. The summed E-state index contributed by atoms with van der Waals surface area (Å²) in [5, 5.41) is 10.1. The molecule has 138 valence electrons. The van der Waals surface area contributed by atoms with Crippen molar-refractivity contribution in [1.29, 1.82) is 0 Å². The maximum atomic E-state index is 12.5. The van der Waals surface area contributed by atoms with Gasteiger partial charge in [0.25, 0.3) is 0 Å². The maximum absolute atomic E-state index is 12.5. The fourth-order valence-corrected chi connectivity index (χ4v) is 3.31. The van der Waals surface area contributed by atoms with Crippen molar-refractivity contribution in [1.82, 2.24) is 20.1 Å². The Hall–Kier alpha value is -3.35. The molecule has 1 aliphatic heterocycles. The van der Waals surface area contributed by atoms with Crippen LogP contribution >= 0.6 is 0 Å². The molecule has 3 heterocycles. The molecule has 7 heteroatoms. The first-order valence-corrected chi connectivity index (χ1v) is 9.14. The highest BCUT2D eigenvalue weighted by Gasteiger charge is 2.18. The molecule has 2 amide bonds. The zero-order chi connectivity index (χ0) is 18.5. The number of hydrogen-bond acceptors (Lipinski definition) is 4. The van der Waals surface area contributed by atoms with E-state index in [4.69, 9.17) is 0 Å². The second kappa shape index (κ2) is 7.90. The van der Waals surface area contributed by atoms with Gasteiger partial charge in [0.1, 0.15) is 0 Å². The third kappa shape index (κ3) is 3.92. The van der Waals surface area contributed by atoms with E-state index in [0.717, 1.165) is 48.7 Å². The molecule has 0 aliphatic carbocycles. The first-order valence-electron chi connectivity index (χ1n) is 9.14. The number of nitrogens with zero attached hydrogens (tertiary/aromatic N) is 4. The lowest BCUT2D eigenvalue weighted by Gasteiger charge is -2.20. The molecule has 0 spiro atoms. The predicted molar refractivity (Wildman–Crippen MR) is 105 cm³/mol. The Kier molecular flexibility index (Phi) is 5.00. The van der Waals surface area contributed by atoms with Crippen LogP contribution in [0.1, 0.15) is 18.4 Å². The fraction of sp³-hybridized carbons (Fsp3) is 0.250. The summed E-state index contributed by atoms with van der Waals surface area (Å²) in [7, 11) is 0. The van der Waals surface area contributed by atoms with Gasteiger partial charge in [-0.1, -0.05) is 18.2 Å². The van der Waals surface area contributed by atoms with Crippen LogP contribution in [-0.4, -0.2) is 33.9 Å². The van der Waals surface area contributed by atoms with E-state index in [1.165, 1.54) is 0 Å². The quantitative estimate of drug-likeness (QED) is 0.731. The number of para-hydroxylation sites is 1. The average Bonchev–Trinajstić information content (AvgIpc) is 3.41. The summed E-state index contributed by atoms with van der Waals surface area (Å²) in [5.74, 6) is 0.835. The number of urea groups is 1. The van der Waals surface area contributed by atoms with Gasteiger partial charge in [0.05, 0.1) is 11.4 Å². The zero-order valence-electron chi connectivity index (χ0n) is 15.0. The molecule has 27 heavy (non-hydrogen) atoms. The number of carbonyl (C=O) groups excluding carboxylic acids is 1. The summed E-state index contributed by atoms with van der Waals surface area (Å²) < 4.78 is 1.79. The third-order valence-corrected chi connectivity index (χ3v) is 4.62. The zero-order valence-corrected chi connectivity index (χ0v) is 15.0. The fourth-order valence-electron chi connectivity index (χ4n) is 3.31. The Morgan fingerprint density at radius 3 is 2.70 bits per heavy atom. The number of carbonyl (C=O) groups is 1. The van der Waals surface area contributed by atoms with Crippen molar-refractivity contribution in [2.75, 3.05) is 23.3 Å². The van der Waals surface area contributed by atoms with Crippen LogP contribution in [0.5, 0.6) is 0 Å². The normalized spacial score (nSPS) is 13.6. The van der Waals surface area contributed by atoms with E-state index in [1.54, 1.807) is 17.1 Å². The number of hydrogen-bond donors (Lipinski definition) is 2. The molecule has 1 aromatic carbocycles. The largest absolute Gasteiger partial charge is 0.355 e. The topological polar surface area (TPSA) is 75.1 Å². The van der Waals surface area contributed by atoms with E-state index in [1.807, 2.05) is 48.7 Å². The van der Waals surface area contributed by atoms with Crippen LogP contribution in [0.2, 0.25) is 0 Å². The van der Waals surface area contributed by atoms with Crippen molar-refractivity contribution < 1.29 is 4.79 Å². The number of nitrogens with one attached hydrogen (secondary N) is 2. The molecular weight excluding hydrogens is 340 g/mol. The first-order chi connectivity index (χ1) is 13.3. The van der Waals surface area contributed by atoms with Crippen LogP contribution < -0.4 is 15.5 Å². The molecule has 2 N–H and O–H groups in total. The molecule has 3 aromatic rings. The summed E-state index contributed by atoms with van der Waals surface area (Å²) in [6.07, 6.45) is 7.70. The van der Waals surface area contributed by atoms with Gasteiger partial charge in [0.15, 0.2) is 5.82 Å². The second-order valence-electron chi connectivity index (χ2n) is 6.46. The van der Waals surface area contributed by atoms with Gasteiger partial charge >= 0.3 is 6.03 Å². The van der Waals surface area contributed by atoms with E-state index in [9.17, 15) is 4.79 Å². The molecule has 1 aliphatic rings. The number of amides is 2. The van der Waals surface area contributed by atoms with Gasteiger partial charge in [-0.15, -0.1) is 0 Å². The predicted octanol–water partition coefficient (Wildman–Crippen LogP) is 3.19. The van der Waals surface area contributed by atoms with Crippen LogP contribution in [0.4, 0.5) is 16.3 Å². The van der Waals surface area contributed by atoms with E-state index >= 15 is 0 Å². The van der Waals surface area contributed by atoms with Crippen LogP contribution in [0.3, 0.4) is 0 Å². The van der Waals surface area contributed by atoms with Crippen LogP contribution in [0, 0.1) is 0 Å². The minimum atomic E-state index is -0.251. The van der Waals surface area contributed by atoms with Crippen LogP contribution in [0.25, 0.3) is 5.69 Å². The van der Waals surface area contributed by atoms with Crippen LogP contribution in [-0.2, 0) is 6.54 Å². The van der Waals surface area contributed by atoms with E-state index in [-0.39, 0.29) is 6.03 Å². The minimum absolute atomic E-state index is 0.251. The molecule has 4 rings (SSSR count). The molecule has 1 saturated heterocycles. The van der Waals surface area contributed by atoms with Gasteiger partial charge in [0.2, 0.25) is 0 Å². The molecule has 0 bridgehead atoms. The number of pyridine rings is 1. The van der Waals surface area contributed by atoms with E-state index in [2.05, 4.69) is 25.6 Å². The highest BCUT2D eigenvalue weighted by molar-refractivity contribution is 5.92. The van der Waals surface area contributed by atoms with Gasteiger partial charge in [0, 0.05) is 38.2 Å². The molecule has 1 fully saturated rings. The number of anilines is 2. The maximum Gasteiger partial charge on any atom is 0.319 e. The number of benzene rings is 1. The lowest BCUT2D eigenvalue weighted by molar-refractivity contribution is 0.251. The lowest BCUT2D eigenvalue weighted by Crippen LogP contribution is -2.30. The Morgan fingerprint density at radius 1 is 1.04 bits per heavy atom. The van der Waals surface area contributed by atoms with Crippen molar-refractivity contribution >= 4 is 17.5 Å². The molecule has 7 nitrogen and oxygen atoms in total. The summed E-state index contributed by atoms with van der Waals surface area (Å²) in [4.78, 5) is 19.1. The molecule has 0 atom stereocenters. The molecule has 0 radical (unpaired) electrons. The Bertz CT molecular complexity index is 902. The van der Waals surface area contributed by atoms with Crippen LogP contribution in [0.15, 0.2) is 61.1 Å². The summed E-state index contributed by atoms with van der Waals surface area (Å²) in [6.45, 7) is 2.36. The average molecular weight is 362 g/mol. The standard InChI is InChI=1S/C20H22N6O/c27-20(24-17-8-5-10-21-19(17)25-12-3-4-13-25)22-15-16-7-1-2-9-18(16)26-14-6-11-23-26/h1-2,5-11,14H,3-4,12-13,15H2,(H2,22,24,27). The molecule has 0 saturated carbocycles. The third-order valence-electron chi connectivity index (χ3n) is 4.62. The molecule has 2 aromatic heterocycles. The van der Waals surface area contributed by atoms with Gasteiger partial charge < -0.3 is 15.5 Å². The summed E-state index contributed by atoms with van der Waals surface area (Å²) >= 11 is 0. The van der Waals surface area contributed by atoms with Crippen molar-refractivity contribution in [3.8, 4) is 5.69 Å². The highest BCUT2D eigenvalue weighted by atomic mass is 16.2. The Labute approximate surface area is 158 Å². The SMILES string of the molecule is O=C(NCc1ccccc1-n1cccn1)Nc1cccnc1N1CCCC1. The number of aromatic nitrogens is 3. The van der Waals surface area contributed by atoms with Crippen molar-refractivity contribution in [2.24, 2.45) is 0 Å². The molecule has 0 unspecified atom stereocenters. The summed E-state index contributed by atoms with van der Waals surface area (Å²) in [6, 6.07) is 13.2. The van der Waals surface area contributed by atoms with Gasteiger partial charge in [-0.25, -0.2) is 14.5 Å². The van der Waals surface area contributed by atoms with Crippen molar-refractivity contribution in [3.05, 3.63) is 66.6 Å². The summed E-state index contributed by atoms with van der Waals surface area (Å²) in [5.41, 5.74) is 2.67. The Balaban J connectivity index is 1.43. The van der Waals surface area contributed by atoms with Gasteiger partial charge in [-0.2, -0.15) is 5.10 Å². The Morgan fingerprint density at radius 2 is 1.89 bits per heavy atom. The molecular formula is C20H22N6O. The van der Waals surface area contributed by atoms with Gasteiger partial charge in [-0.05, 0) is 42.7 Å². The van der Waals surface area contributed by atoms with Crippen molar-refractivity contribution in [3.63, 3.8) is 0 Å². The first kappa shape index (κ1) is 17.1. The van der Waals surface area contributed by atoms with Gasteiger partial charge in [-0.3, -0.25) is 0 Å². The highest BCUT2D eigenvalue weighted by Crippen LogP contribution is 2.26. The lowest BCUT2D eigenvalue weighted by atomic mass is 10.2. The smallest absolute Gasteiger partial charge is 0.319 e.